The molecule has 0 aromatic heterocycles. The van der Waals surface area contributed by atoms with E-state index in [0.29, 0.717) is 24.3 Å². The van der Waals surface area contributed by atoms with Gasteiger partial charge >= 0.3 is 6.18 Å². The number of sulfonamides is 2. The maximum absolute atomic E-state index is 14.1. The normalized spacial score (nSPS) is 13.2. The molecule has 0 aliphatic heterocycles. The van der Waals surface area contributed by atoms with Gasteiger partial charge in [-0.2, -0.15) is 13.2 Å². The van der Waals surface area contributed by atoms with Crippen molar-refractivity contribution in [2.24, 2.45) is 0 Å². The Labute approximate surface area is 135 Å². The van der Waals surface area contributed by atoms with Gasteiger partial charge in [0.05, 0.1) is 19.3 Å². The van der Waals surface area contributed by atoms with Crippen LogP contribution in [-0.2, 0) is 26.2 Å². The lowest BCUT2D eigenvalue weighted by molar-refractivity contribution is -0.137. The average Bonchev–Trinajstić information content (AvgIpc) is 2.54. The van der Waals surface area contributed by atoms with Crippen molar-refractivity contribution < 1.29 is 34.5 Å². The van der Waals surface area contributed by atoms with Gasteiger partial charge in [-0.25, -0.2) is 16.8 Å². The highest BCUT2D eigenvalue weighted by Crippen LogP contribution is 2.31. The summed E-state index contributed by atoms with van der Waals surface area (Å²) in [6, 6.07) is 7.68. The van der Waals surface area contributed by atoms with E-state index in [0.717, 1.165) is 12.1 Å². The van der Waals surface area contributed by atoms with E-state index in [2.05, 4.69) is 0 Å². The van der Waals surface area contributed by atoms with Gasteiger partial charge in [0.25, 0.3) is 20.0 Å². The predicted octanol–water partition coefficient (Wildman–Crippen LogP) is 2.97. The van der Waals surface area contributed by atoms with Crippen molar-refractivity contribution in [3.05, 3.63) is 60.2 Å². The summed E-state index contributed by atoms with van der Waals surface area (Å²) in [7, 11) is -10.2. The van der Waals surface area contributed by atoms with Gasteiger partial charge in [0.2, 0.25) is 0 Å². The molecule has 2 rings (SSSR count). The Morgan fingerprint density at radius 3 is 1.54 bits per heavy atom. The zero-order valence-electron chi connectivity index (χ0n) is 11.6. The molecule has 0 saturated carbocycles. The molecule has 0 aliphatic rings. The second-order valence-corrected chi connectivity index (χ2v) is 8.21. The topological polar surface area (TPSA) is 71.5 Å². The third-order valence-corrected chi connectivity index (χ3v) is 6.57. The zero-order valence-corrected chi connectivity index (χ0v) is 13.2. The number of nitrogens with zero attached hydrogens (tertiary/aromatic N) is 1. The molecule has 130 valence electrons. The second kappa shape index (κ2) is 6.15. The number of hydrogen-bond donors (Lipinski definition) is 0. The molecule has 2 aromatic carbocycles. The second-order valence-electron chi connectivity index (χ2n) is 4.50. The van der Waals surface area contributed by atoms with E-state index in [9.17, 15) is 34.5 Å². The van der Waals surface area contributed by atoms with Crippen molar-refractivity contribution in [1.82, 2.24) is 3.93 Å². The molecular formula is C13H9F4NO4S2. The highest BCUT2D eigenvalue weighted by atomic mass is 32.3. The predicted molar refractivity (Wildman–Crippen MR) is 75.2 cm³/mol. The molecule has 5 nitrogen and oxygen atoms in total. The van der Waals surface area contributed by atoms with Gasteiger partial charge in [-0.15, -0.1) is 4.48 Å². The Balaban J connectivity index is 2.43. The van der Waals surface area contributed by atoms with Crippen LogP contribution in [0.4, 0.5) is 17.7 Å². The van der Waals surface area contributed by atoms with E-state index in [1.165, 1.54) is 18.2 Å². The van der Waals surface area contributed by atoms with Crippen molar-refractivity contribution in [1.29, 1.82) is 0 Å². The smallest absolute Gasteiger partial charge is 0.203 e. The third kappa shape index (κ3) is 3.42. The number of halogens is 4. The Morgan fingerprint density at radius 1 is 0.708 bits per heavy atom. The summed E-state index contributed by atoms with van der Waals surface area (Å²) < 4.78 is 98.1. The van der Waals surface area contributed by atoms with Crippen LogP contribution in [0.25, 0.3) is 0 Å². The fourth-order valence-corrected chi connectivity index (χ4v) is 4.57. The number of rotatable bonds is 4. The standard InChI is InChI=1S/C13H9F4NO4S2/c14-13(15,16)10-6-8-12(9-7-10)24(21,22)18(17)23(19,20)11-4-2-1-3-5-11/h1-9H. The van der Waals surface area contributed by atoms with E-state index in [1.807, 2.05) is 0 Å². The lowest BCUT2D eigenvalue weighted by atomic mass is 10.2. The minimum Gasteiger partial charge on any atom is -0.203 e. The minimum absolute atomic E-state index is 0.413. The molecule has 0 spiro atoms. The van der Waals surface area contributed by atoms with Crippen LogP contribution in [0.2, 0.25) is 0 Å². The number of benzene rings is 2. The molecule has 0 bridgehead atoms. The number of alkyl halides is 3. The molecule has 2 aromatic rings. The molecule has 0 N–H and O–H groups in total. The average molecular weight is 383 g/mol. The van der Waals surface area contributed by atoms with Crippen LogP contribution in [0.3, 0.4) is 0 Å². The highest BCUT2D eigenvalue weighted by Gasteiger charge is 2.38. The molecule has 0 unspecified atom stereocenters. The van der Waals surface area contributed by atoms with Crippen LogP contribution in [0.1, 0.15) is 5.56 Å². The van der Waals surface area contributed by atoms with Crippen molar-refractivity contribution in [3.63, 3.8) is 0 Å². The molecule has 0 atom stereocenters. The fourth-order valence-electron chi connectivity index (χ4n) is 1.70. The largest absolute Gasteiger partial charge is 0.416 e. The SMILES string of the molecule is O=S(=O)(c1ccccc1)N(F)S(=O)(=O)c1ccc(C(F)(F)F)cc1. The van der Waals surface area contributed by atoms with Crippen LogP contribution in [0.15, 0.2) is 64.4 Å². The summed E-state index contributed by atoms with van der Waals surface area (Å²) >= 11 is 0. The molecule has 0 radical (unpaired) electrons. The summed E-state index contributed by atoms with van der Waals surface area (Å²) in [6.45, 7) is 0. The van der Waals surface area contributed by atoms with Gasteiger partial charge in [-0.05, 0) is 36.4 Å². The van der Waals surface area contributed by atoms with E-state index >= 15 is 0 Å². The minimum atomic E-state index is -5.20. The van der Waals surface area contributed by atoms with Crippen molar-refractivity contribution in [2.75, 3.05) is 0 Å². The van der Waals surface area contributed by atoms with Crippen LogP contribution in [0.5, 0.6) is 0 Å². The maximum Gasteiger partial charge on any atom is 0.416 e. The first-order valence-corrected chi connectivity index (χ1v) is 9.04. The Hall–Kier alpha value is -1.98. The van der Waals surface area contributed by atoms with E-state index in [1.54, 1.807) is 0 Å². The highest BCUT2D eigenvalue weighted by molar-refractivity contribution is 8.03. The summed E-state index contributed by atoms with van der Waals surface area (Å²) in [6.07, 6.45) is -4.71. The molecule has 11 heteroatoms. The fraction of sp³-hybridized carbons (Fsp3) is 0.0769. The van der Waals surface area contributed by atoms with Crippen LogP contribution in [0, 0.1) is 0 Å². The summed E-state index contributed by atoms with van der Waals surface area (Å²) in [4.78, 5) is -1.56. The molecule has 0 heterocycles. The Kier molecular flexibility index (Phi) is 4.70. The van der Waals surface area contributed by atoms with Gasteiger partial charge in [-0.1, -0.05) is 18.2 Å². The quantitative estimate of drug-likeness (QED) is 0.601. The van der Waals surface area contributed by atoms with Gasteiger partial charge in [-0.3, -0.25) is 0 Å². The number of hydrogen-bond acceptors (Lipinski definition) is 4. The van der Waals surface area contributed by atoms with Crippen LogP contribution >= 0.6 is 0 Å². The van der Waals surface area contributed by atoms with E-state index in [-0.39, 0.29) is 0 Å². The monoisotopic (exact) mass is 383 g/mol. The first kappa shape index (κ1) is 18.4. The summed E-state index contributed by atoms with van der Waals surface area (Å²) in [5, 5.41) is 0. The van der Waals surface area contributed by atoms with Crippen molar-refractivity contribution >= 4 is 20.0 Å². The molecule has 0 saturated heterocycles. The van der Waals surface area contributed by atoms with E-state index in [4.69, 9.17) is 0 Å². The van der Waals surface area contributed by atoms with Gasteiger partial charge in [0, 0.05) is 0 Å². The van der Waals surface area contributed by atoms with Crippen LogP contribution in [-0.4, -0.2) is 20.8 Å². The first-order valence-electron chi connectivity index (χ1n) is 6.16. The first-order chi connectivity index (χ1) is 11.0. The van der Waals surface area contributed by atoms with Gasteiger partial charge in [0.1, 0.15) is 0 Å². The van der Waals surface area contributed by atoms with E-state index < -0.39 is 45.5 Å². The molecule has 0 aliphatic carbocycles. The summed E-state index contributed by atoms with van der Waals surface area (Å²) in [5.74, 6) is 0. The van der Waals surface area contributed by atoms with Crippen LogP contribution < -0.4 is 0 Å². The van der Waals surface area contributed by atoms with Gasteiger partial charge < -0.3 is 0 Å². The zero-order chi connectivity index (χ0) is 18.2. The molecule has 0 fully saturated rings. The molecule has 0 amide bonds. The lowest BCUT2D eigenvalue weighted by Crippen LogP contribution is -2.30. The Morgan fingerprint density at radius 2 is 1.12 bits per heavy atom. The van der Waals surface area contributed by atoms with Crippen molar-refractivity contribution in [3.8, 4) is 0 Å². The Bertz CT molecular complexity index is 924. The summed E-state index contributed by atoms with van der Waals surface area (Å²) in [5.41, 5.74) is -1.15. The van der Waals surface area contributed by atoms with Crippen molar-refractivity contribution in [2.45, 2.75) is 16.0 Å². The maximum atomic E-state index is 14.1. The molecule has 24 heavy (non-hydrogen) atoms. The lowest BCUT2D eigenvalue weighted by Gasteiger charge is -2.13. The third-order valence-electron chi connectivity index (χ3n) is 2.90. The molecular weight excluding hydrogens is 374 g/mol. The van der Waals surface area contributed by atoms with Gasteiger partial charge in [0.15, 0.2) is 0 Å².